The van der Waals surface area contributed by atoms with Crippen LogP contribution in [0, 0.1) is 11.6 Å². The van der Waals surface area contributed by atoms with Gasteiger partial charge in [0.15, 0.2) is 0 Å². The highest BCUT2D eigenvalue weighted by Gasteiger charge is 2.09. The molecule has 0 bridgehead atoms. The molecule has 0 unspecified atom stereocenters. The van der Waals surface area contributed by atoms with Crippen LogP contribution < -0.4 is 0 Å². The minimum absolute atomic E-state index is 0.0813. The summed E-state index contributed by atoms with van der Waals surface area (Å²) in [5.74, 6) is -1.81. The zero-order valence-electron chi connectivity index (χ0n) is 6.05. The fourth-order valence-electron chi connectivity index (χ4n) is 0.842. The minimum Gasteiger partial charge on any atom is -0.391 e. The number of hydrogen-bond donors (Lipinski definition) is 1. The first kappa shape index (κ1) is 8.80. The molecule has 0 aliphatic rings. The van der Waals surface area contributed by atoms with E-state index < -0.39 is 23.8 Å². The zero-order valence-corrected chi connectivity index (χ0v) is 6.05. The van der Waals surface area contributed by atoms with Gasteiger partial charge < -0.3 is 5.11 Å². The highest BCUT2D eigenvalue weighted by atomic mass is 19.1. The van der Waals surface area contributed by atoms with Crippen LogP contribution in [0.4, 0.5) is 8.78 Å². The Labute approximate surface area is 67.4 Å². The lowest BCUT2D eigenvalue weighted by molar-refractivity contribution is 0.112. The molecule has 1 aromatic rings. The van der Waals surface area contributed by atoms with Gasteiger partial charge in [-0.25, -0.2) is 8.78 Å². The molecule has 0 amide bonds. The molecule has 4 heteroatoms. The van der Waals surface area contributed by atoms with Gasteiger partial charge in [0, 0.05) is 11.1 Å². The van der Waals surface area contributed by atoms with Gasteiger partial charge in [-0.05, 0) is 12.1 Å². The van der Waals surface area contributed by atoms with Crippen LogP contribution in [0.5, 0.6) is 0 Å². The molecule has 0 saturated heterocycles. The first-order valence-electron chi connectivity index (χ1n) is 3.23. The normalized spacial score (nSPS) is 9.92. The zero-order chi connectivity index (χ0) is 9.14. The highest BCUT2D eigenvalue weighted by molar-refractivity contribution is 5.74. The third-order valence-electron chi connectivity index (χ3n) is 1.46. The van der Waals surface area contributed by atoms with Gasteiger partial charge >= 0.3 is 0 Å². The number of hydrogen-bond acceptors (Lipinski definition) is 2. The Morgan fingerprint density at radius 1 is 1.33 bits per heavy atom. The summed E-state index contributed by atoms with van der Waals surface area (Å²) in [5.41, 5.74) is -0.497. The number of halogens is 2. The summed E-state index contributed by atoms with van der Waals surface area (Å²) in [4.78, 5) is 10.1. The summed E-state index contributed by atoms with van der Waals surface area (Å²) in [6.07, 6.45) is 0.341. The van der Waals surface area contributed by atoms with Gasteiger partial charge in [-0.2, -0.15) is 0 Å². The monoisotopic (exact) mass is 172 g/mol. The maximum absolute atomic E-state index is 12.7. The first-order valence-corrected chi connectivity index (χ1v) is 3.23. The van der Waals surface area contributed by atoms with Crippen molar-refractivity contribution in [2.45, 2.75) is 6.61 Å². The van der Waals surface area contributed by atoms with Crippen LogP contribution in [0.15, 0.2) is 12.1 Å². The predicted octanol–water partition coefficient (Wildman–Crippen LogP) is 1.27. The Morgan fingerprint density at radius 3 is 2.17 bits per heavy atom. The van der Waals surface area contributed by atoms with Crippen LogP contribution in [-0.4, -0.2) is 11.4 Å². The molecule has 0 radical (unpaired) electrons. The molecule has 1 N–H and O–H groups in total. The van der Waals surface area contributed by atoms with Crippen molar-refractivity contribution in [1.29, 1.82) is 0 Å². The number of aldehydes is 1. The molecule has 1 aromatic carbocycles. The molecule has 0 heterocycles. The molecule has 0 fully saturated rings. The summed E-state index contributed by atoms with van der Waals surface area (Å²) < 4.78 is 25.5. The number of carbonyl (C=O) groups is 1. The second kappa shape index (κ2) is 3.40. The van der Waals surface area contributed by atoms with E-state index in [2.05, 4.69) is 0 Å². The van der Waals surface area contributed by atoms with Crippen LogP contribution in [0.2, 0.25) is 0 Å². The Bertz CT molecular complexity index is 287. The third kappa shape index (κ3) is 1.48. The molecule has 12 heavy (non-hydrogen) atoms. The summed E-state index contributed by atoms with van der Waals surface area (Å²) in [6.45, 7) is -0.712. The number of rotatable bonds is 2. The number of benzene rings is 1. The van der Waals surface area contributed by atoms with Gasteiger partial charge in [0.05, 0.1) is 6.61 Å². The molecular weight excluding hydrogens is 166 g/mol. The number of aliphatic hydroxyl groups is 1. The minimum atomic E-state index is -0.903. The molecule has 2 nitrogen and oxygen atoms in total. The van der Waals surface area contributed by atoms with Crippen molar-refractivity contribution in [2.24, 2.45) is 0 Å². The van der Waals surface area contributed by atoms with Gasteiger partial charge in [0.25, 0.3) is 0 Å². The lowest BCUT2D eigenvalue weighted by Gasteiger charge is -2.00. The summed E-state index contributed by atoms with van der Waals surface area (Å²) >= 11 is 0. The summed E-state index contributed by atoms with van der Waals surface area (Å²) in [7, 11) is 0. The van der Waals surface area contributed by atoms with Crippen molar-refractivity contribution < 1.29 is 18.7 Å². The molecule has 0 aliphatic heterocycles. The molecule has 64 valence electrons. The second-order valence-electron chi connectivity index (χ2n) is 2.24. The molecule has 0 aliphatic carbocycles. The third-order valence-corrected chi connectivity index (χ3v) is 1.46. The standard InChI is InChI=1S/C8H6F2O2/c9-7-1-5(3-11)2-8(10)6(7)4-12/h1-3,12H,4H2. The van der Waals surface area contributed by atoms with Crippen molar-refractivity contribution in [3.63, 3.8) is 0 Å². The van der Waals surface area contributed by atoms with E-state index in [-0.39, 0.29) is 5.56 Å². The molecule has 1 rings (SSSR count). The maximum atomic E-state index is 12.7. The maximum Gasteiger partial charge on any atom is 0.150 e. The van der Waals surface area contributed by atoms with E-state index >= 15 is 0 Å². The van der Waals surface area contributed by atoms with Crippen LogP contribution in [0.3, 0.4) is 0 Å². The Hall–Kier alpha value is -1.29. The van der Waals surface area contributed by atoms with E-state index in [1.54, 1.807) is 0 Å². The predicted molar refractivity (Wildman–Crippen MR) is 37.7 cm³/mol. The van der Waals surface area contributed by atoms with Gasteiger partial charge in [-0.3, -0.25) is 4.79 Å². The van der Waals surface area contributed by atoms with E-state index in [1.165, 1.54) is 0 Å². The topological polar surface area (TPSA) is 37.3 Å². The lowest BCUT2D eigenvalue weighted by Crippen LogP contribution is -1.97. The van der Waals surface area contributed by atoms with Gasteiger partial charge in [-0.15, -0.1) is 0 Å². The molecule has 0 aromatic heterocycles. The Kier molecular flexibility index (Phi) is 2.50. The molecule has 0 atom stereocenters. The van der Waals surface area contributed by atoms with Crippen LogP contribution >= 0.6 is 0 Å². The molecule has 0 saturated carbocycles. The summed E-state index contributed by atoms with van der Waals surface area (Å²) in [6, 6.07) is 1.75. The van der Waals surface area contributed by atoms with E-state index in [0.29, 0.717) is 6.29 Å². The average molecular weight is 172 g/mol. The number of aliphatic hydroxyl groups excluding tert-OH is 1. The summed E-state index contributed by atoms with van der Waals surface area (Å²) in [5, 5.41) is 8.49. The quantitative estimate of drug-likeness (QED) is 0.682. The van der Waals surface area contributed by atoms with E-state index in [4.69, 9.17) is 5.11 Å². The van der Waals surface area contributed by atoms with Crippen molar-refractivity contribution in [3.8, 4) is 0 Å². The smallest absolute Gasteiger partial charge is 0.150 e. The van der Waals surface area contributed by atoms with Crippen molar-refractivity contribution >= 4 is 6.29 Å². The second-order valence-corrected chi connectivity index (χ2v) is 2.24. The van der Waals surface area contributed by atoms with Crippen molar-refractivity contribution in [1.82, 2.24) is 0 Å². The fourth-order valence-corrected chi connectivity index (χ4v) is 0.842. The molecule has 0 spiro atoms. The van der Waals surface area contributed by atoms with E-state index in [9.17, 15) is 13.6 Å². The van der Waals surface area contributed by atoms with Gasteiger partial charge in [-0.1, -0.05) is 0 Å². The first-order chi connectivity index (χ1) is 5.69. The molecular formula is C8H6F2O2. The van der Waals surface area contributed by atoms with Crippen molar-refractivity contribution in [3.05, 3.63) is 34.9 Å². The highest BCUT2D eigenvalue weighted by Crippen LogP contribution is 2.13. The van der Waals surface area contributed by atoms with Gasteiger partial charge in [0.1, 0.15) is 17.9 Å². The van der Waals surface area contributed by atoms with E-state index in [1.807, 2.05) is 0 Å². The van der Waals surface area contributed by atoms with Crippen LogP contribution in [0.1, 0.15) is 15.9 Å². The average Bonchev–Trinajstić information content (AvgIpc) is 2.03. The van der Waals surface area contributed by atoms with Crippen LogP contribution in [0.25, 0.3) is 0 Å². The van der Waals surface area contributed by atoms with Crippen LogP contribution in [-0.2, 0) is 6.61 Å². The largest absolute Gasteiger partial charge is 0.391 e. The Morgan fingerprint density at radius 2 is 1.83 bits per heavy atom. The van der Waals surface area contributed by atoms with Gasteiger partial charge in [0.2, 0.25) is 0 Å². The lowest BCUT2D eigenvalue weighted by atomic mass is 10.1. The van der Waals surface area contributed by atoms with Crippen molar-refractivity contribution in [2.75, 3.05) is 0 Å². The van der Waals surface area contributed by atoms with E-state index in [0.717, 1.165) is 12.1 Å². The SMILES string of the molecule is O=Cc1cc(F)c(CO)c(F)c1. The Balaban J connectivity index is 3.27. The number of carbonyl (C=O) groups excluding carboxylic acids is 1. The fraction of sp³-hybridized carbons (Fsp3) is 0.125.